The molecule has 6 nitrogen and oxygen atoms in total. The molecule has 0 fully saturated rings. The van der Waals surface area contributed by atoms with Gasteiger partial charge in [0, 0.05) is 6.26 Å². The maximum absolute atomic E-state index is 11.2. The van der Waals surface area contributed by atoms with Gasteiger partial charge in [-0.2, -0.15) is 0 Å². The van der Waals surface area contributed by atoms with Crippen molar-refractivity contribution in [3.8, 4) is 5.75 Å². The summed E-state index contributed by atoms with van der Waals surface area (Å²) in [4.78, 5) is 11.4. The highest BCUT2D eigenvalue weighted by atomic mass is 32.2. The van der Waals surface area contributed by atoms with Crippen molar-refractivity contribution in [1.29, 1.82) is 0 Å². The van der Waals surface area contributed by atoms with Crippen LogP contribution in [0.1, 0.15) is 6.92 Å². The predicted octanol–water partition coefficient (Wildman–Crippen LogP) is 0.359. The summed E-state index contributed by atoms with van der Waals surface area (Å²) in [5.41, 5.74) is 5.55. The SMILES string of the molecule is CCOC(=O)C(N)COc1ccc(S(C)(=O)=O)cc1. The van der Waals surface area contributed by atoms with E-state index in [1.54, 1.807) is 6.92 Å². The highest BCUT2D eigenvalue weighted by molar-refractivity contribution is 7.90. The number of hydrogen-bond acceptors (Lipinski definition) is 6. The number of ether oxygens (including phenoxy) is 2. The van der Waals surface area contributed by atoms with Gasteiger partial charge >= 0.3 is 5.97 Å². The number of carbonyl (C=O) groups excluding carboxylic acids is 1. The van der Waals surface area contributed by atoms with Gasteiger partial charge < -0.3 is 15.2 Å². The molecular formula is C12H17NO5S. The smallest absolute Gasteiger partial charge is 0.326 e. The van der Waals surface area contributed by atoms with E-state index in [0.29, 0.717) is 5.75 Å². The van der Waals surface area contributed by atoms with Gasteiger partial charge in [-0.15, -0.1) is 0 Å². The largest absolute Gasteiger partial charge is 0.491 e. The van der Waals surface area contributed by atoms with E-state index in [1.165, 1.54) is 24.3 Å². The van der Waals surface area contributed by atoms with E-state index in [-0.39, 0.29) is 18.1 Å². The van der Waals surface area contributed by atoms with Crippen LogP contribution in [-0.2, 0) is 19.4 Å². The zero-order valence-electron chi connectivity index (χ0n) is 10.8. The number of rotatable bonds is 6. The van der Waals surface area contributed by atoms with E-state index >= 15 is 0 Å². The Morgan fingerprint density at radius 3 is 2.37 bits per heavy atom. The van der Waals surface area contributed by atoms with Crippen molar-refractivity contribution in [2.75, 3.05) is 19.5 Å². The summed E-state index contributed by atoms with van der Waals surface area (Å²) < 4.78 is 32.5. The van der Waals surface area contributed by atoms with Crippen molar-refractivity contribution >= 4 is 15.8 Å². The minimum absolute atomic E-state index is 0.0307. The fourth-order valence-corrected chi connectivity index (χ4v) is 1.92. The van der Waals surface area contributed by atoms with Crippen LogP contribution in [0.4, 0.5) is 0 Å². The molecule has 0 saturated carbocycles. The molecule has 1 rings (SSSR count). The molecule has 0 saturated heterocycles. The van der Waals surface area contributed by atoms with Crippen LogP contribution < -0.4 is 10.5 Å². The highest BCUT2D eigenvalue weighted by Gasteiger charge is 2.15. The third kappa shape index (κ3) is 4.88. The van der Waals surface area contributed by atoms with Crippen LogP contribution in [0.5, 0.6) is 5.75 Å². The van der Waals surface area contributed by atoms with E-state index < -0.39 is 21.8 Å². The van der Waals surface area contributed by atoms with Gasteiger partial charge in [0.2, 0.25) is 0 Å². The monoisotopic (exact) mass is 287 g/mol. The lowest BCUT2D eigenvalue weighted by molar-refractivity contribution is -0.145. The van der Waals surface area contributed by atoms with Crippen LogP contribution in [0.3, 0.4) is 0 Å². The van der Waals surface area contributed by atoms with Gasteiger partial charge in [-0.3, -0.25) is 4.79 Å². The first-order valence-electron chi connectivity index (χ1n) is 5.69. The molecule has 0 heterocycles. The van der Waals surface area contributed by atoms with Gasteiger partial charge in [-0.05, 0) is 31.2 Å². The van der Waals surface area contributed by atoms with Gasteiger partial charge in [0.25, 0.3) is 0 Å². The van der Waals surface area contributed by atoms with Gasteiger partial charge in [-0.25, -0.2) is 8.42 Å². The predicted molar refractivity (Wildman–Crippen MR) is 69.7 cm³/mol. The molecule has 1 unspecified atom stereocenters. The zero-order chi connectivity index (χ0) is 14.5. The van der Waals surface area contributed by atoms with Gasteiger partial charge in [0.05, 0.1) is 11.5 Å². The molecule has 0 aliphatic rings. The Bertz CT molecular complexity index is 524. The fourth-order valence-electron chi connectivity index (χ4n) is 1.29. The summed E-state index contributed by atoms with van der Waals surface area (Å²) in [7, 11) is -3.23. The summed E-state index contributed by atoms with van der Waals surface area (Å²) in [5.74, 6) is -0.0950. The van der Waals surface area contributed by atoms with Gasteiger partial charge in [0.1, 0.15) is 18.4 Å². The molecule has 2 N–H and O–H groups in total. The van der Waals surface area contributed by atoms with E-state index in [1.807, 2.05) is 0 Å². The average molecular weight is 287 g/mol. The van der Waals surface area contributed by atoms with Crippen molar-refractivity contribution in [1.82, 2.24) is 0 Å². The Labute approximate surface area is 112 Å². The van der Waals surface area contributed by atoms with Crippen LogP contribution in [0.15, 0.2) is 29.2 Å². The Hall–Kier alpha value is -1.60. The van der Waals surface area contributed by atoms with E-state index in [4.69, 9.17) is 15.2 Å². The third-order valence-electron chi connectivity index (χ3n) is 2.27. The van der Waals surface area contributed by atoms with Crippen molar-refractivity contribution in [2.45, 2.75) is 17.9 Å². The molecule has 1 aromatic carbocycles. The van der Waals surface area contributed by atoms with Crippen LogP contribution in [0.2, 0.25) is 0 Å². The number of hydrogen-bond donors (Lipinski definition) is 1. The van der Waals surface area contributed by atoms with Crippen LogP contribution in [0, 0.1) is 0 Å². The number of esters is 1. The maximum atomic E-state index is 11.2. The molecule has 0 aliphatic carbocycles. The van der Waals surface area contributed by atoms with Gasteiger partial charge in [0.15, 0.2) is 9.84 Å². The van der Waals surface area contributed by atoms with Crippen molar-refractivity contribution in [2.24, 2.45) is 5.73 Å². The standard InChI is InChI=1S/C12H17NO5S/c1-3-17-12(14)11(13)8-18-9-4-6-10(7-5-9)19(2,15)16/h4-7,11H,3,8,13H2,1-2H3. The molecular weight excluding hydrogens is 270 g/mol. The second-order valence-corrected chi connectivity index (χ2v) is 5.93. The number of carbonyl (C=O) groups is 1. The minimum Gasteiger partial charge on any atom is -0.491 e. The molecule has 19 heavy (non-hydrogen) atoms. The van der Waals surface area contributed by atoms with E-state index in [0.717, 1.165) is 6.26 Å². The molecule has 0 radical (unpaired) electrons. The second kappa shape index (κ2) is 6.53. The molecule has 0 spiro atoms. The molecule has 7 heteroatoms. The Morgan fingerprint density at radius 2 is 1.89 bits per heavy atom. The van der Waals surface area contributed by atoms with Crippen LogP contribution in [-0.4, -0.2) is 39.9 Å². The minimum atomic E-state index is -3.23. The van der Waals surface area contributed by atoms with E-state index in [2.05, 4.69) is 0 Å². The molecule has 0 amide bonds. The first-order valence-corrected chi connectivity index (χ1v) is 7.59. The summed E-state index contributed by atoms with van der Waals surface area (Å²) in [6, 6.07) is 5.01. The lowest BCUT2D eigenvalue weighted by Crippen LogP contribution is -2.37. The van der Waals surface area contributed by atoms with Gasteiger partial charge in [-0.1, -0.05) is 0 Å². The second-order valence-electron chi connectivity index (χ2n) is 3.91. The van der Waals surface area contributed by atoms with Crippen LogP contribution in [0.25, 0.3) is 0 Å². The molecule has 1 aromatic rings. The molecule has 1 atom stereocenters. The molecule has 106 valence electrons. The lowest BCUT2D eigenvalue weighted by atomic mass is 10.3. The Balaban J connectivity index is 2.57. The first kappa shape index (κ1) is 15.5. The van der Waals surface area contributed by atoms with Crippen molar-refractivity contribution in [3.63, 3.8) is 0 Å². The lowest BCUT2D eigenvalue weighted by Gasteiger charge is -2.12. The maximum Gasteiger partial charge on any atom is 0.326 e. The number of benzene rings is 1. The molecule has 0 bridgehead atoms. The summed E-state index contributed by atoms with van der Waals surface area (Å²) >= 11 is 0. The van der Waals surface area contributed by atoms with Crippen LogP contribution >= 0.6 is 0 Å². The van der Waals surface area contributed by atoms with Crippen molar-refractivity contribution in [3.05, 3.63) is 24.3 Å². The quantitative estimate of drug-likeness (QED) is 0.759. The summed E-state index contributed by atoms with van der Waals surface area (Å²) in [6.07, 6.45) is 1.12. The molecule has 0 aromatic heterocycles. The van der Waals surface area contributed by atoms with E-state index in [9.17, 15) is 13.2 Å². The normalized spacial score (nSPS) is 12.8. The Morgan fingerprint density at radius 1 is 1.32 bits per heavy atom. The molecule has 0 aliphatic heterocycles. The number of sulfone groups is 1. The first-order chi connectivity index (χ1) is 8.84. The topological polar surface area (TPSA) is 95.7 Å². The third-order valence-corrected chi connectivity index (χ3v) is 3.40. The number of nitrogens with two attached hydrogens (primary N) is 1. The zero-order valence-corrected chi connectivity index (χ0v) is 11.6. The Kier molecular flexibility index (Phi) is 5.31. The summed E-state index contributed by atoms with van der Waals surface area (Å²) in [5, 5.41) is 0. The fraction of sp³-hybridized carbons (Fsp3) is 0.417. The highest BCUT2D eigenvalue weighted by Crippen LogP contribution is 2.15. The summed E-state index contributed by atoms with van der Waals surface area (Å²) in [6.45, 7) is 1.92. The average Bonchev–Trinajstić information content (AvgIpc) is 2.35. The van der Waals surface area contributed by atoms with Crippen molar-refractivity contribution < 1.29 is 22.7 Å².